The summed E-state index contributed by atoms with van der Waals surface area (Å²) in [5.41, 5.74) is 0. The molecule has 0 bridgehead atoms. The fourth-order valence-electron chi connectivity index (χ4n) is 2.26. The van der Waals surface area contributed by atoms with Crippen molar-refractivity contribution in [1.82, 2.24) is 14.5 Å². The minimum absolute atomic E-state index is 0.0231. The summed E-state index contributed by atoms with van der Waals surface area (Å²) < 4.78 is 29.7. The summed E-state index contributed by atoms with van der Waals surface area (Å²) in [4.78, 5) is 14.0. The number of carbonyl (C=O) groups is 1. The van der Waals surface area contributed by atoms with Crippen LogP contribution in [0.15, 0.2) is 0 Å². The van der Waals surface area contributed by atoms with Gasteiger partial charge in [0.05, 0.1) is 26.0 Å². The van der Waals surface area contributed by atoms with E-state index in [1.54, 1.807) is 0 Å². The third-order valence-corrected chi connectivity index (χ3v) is 4.81. The Morgan fingerprint density at radius 1 is 1.35 bits per heavy atom. The molecule has 116 valence electrons. The maximum absolute atomic E-state index is 11.8. The van der Waals surface area contributed by atoms with Gasteiger partial charge in [-0.1, -0.05) is 0 Å². The first-order chi connectivity index (χ1) is 9.47. The van der Waals surface area contributed by atoms with Crippen LogP contribution in [0.1, 0.15) is 12.8 Å². The van der Waals surface area contributed by atoms with Gasteiger partial charge in [-0.2, -0.15) is 4.31 Å². The summed E-state index contributed by atoms with van der Waals surface area (Å²) >= 11 is 0. The van der Waals surface area contributed by atoms with Crippen LogP contribution in [0.3, 0.4) is 0 Å². The number of ether oxygens (including phenoxy) is 1. The first kappa shape index (κ1) is 15.7. The van der Waals surface area contributed by atoms with Crippen LogP contribution in [0.2, 0.25) is 0 Å². The number of hydrogen-bond acceptors (Lipinski definition) is 5. The van der Waals surface area contributed by atoms with Gasteiger partial charge >= 0.3 is 0 Å². The van der Waals surface area contributed by atoms with Crippen LogP contribution in [-0.2, 0) is 19.6 Å². The molecule has 1 N–H and O–H groups in total. The van der Waals surface area contributed by atoms with E-state index in [0.29, 0.717) is 6.54 Å². The standard InChI is InChI=1S/C12H23N3O4S/c1-20(17,18)15(11-2-3-11)10-12(16)13-4-5-14-6-8-19-9-7-14/h11H,2-10H2,1H3,(H,13,16). The van der Waals surface area contributed by atoms with Crippen molar-refractivity contribution in [1.29, 1.82) is 0 Å². The normalized spacial score (nSPS) is 21.1. The number of morpholine rings is 1. The molecule has 0 aromatic heterocycles. The van der Waals surface area contributed by atoms with Gasteiger partial charge in [0.25, 0.3) is 0 Å². The molecule has 2 fully saturated rings. The highest BCUT2D eigenvalue weighted by molar-refractivity contribution is 7.88. The zero-order valence-corrected chi connectivity index (χ0v) is 12.7. The van der Waals surface area contributed by atoms with Crippen LogP contribution >= 0.6 is 0 Å². The van der Waals surface area contributed by atoms with Crippen molar-refractivity contribution in [3.63, 3.8) is 0 Å². The maximum Gasteiger partial charge on any atom is 0.235 e. The van der Waals surface area contributed by atoms with Gasteiger partial charge in [-0.25, -0.2) is 8.42 Å². The monoisotopic (exact) mass is 305 g/mol. The molecule has 8 heteroatoms. The van der Waals surface area contributed by atoms with E-state index in [2.05, 4.69) is 10.2 Å². The van der Waals surface area contributed by atoms with E-state index in [1.807, 2.05) is 0 Å². The maximum atomic E-state index is 11.8. The van der Waals surface area contributed by atoms with Crippen molar-refractivity contribution < 1.29 is 17.9 Å². The Kier molecular flexibility index (Phi) is 5.36. The number of amides is 1. The molecule has 0 aromatic carbocycles. The van der Waals surface area contributed by atoms with Crippen LogP contribution in [0.5, 0.6) is 0 Å². The number of nitrogens with one attached hydrogen (secondary N) is 1. The van der Waals surface area contributed by atoms with Crippen LogP contribution in [0.25, 0.3) is 0 Å². The minimum atomic E-state index is -3.30. The van der Waals surface area contributed by atoms with Crippen LogP contribution in [-0.4, -0.2) is 81.8 Å². The lowest BCUT2D eigenvalue weighted by atomic mass is 10.4. The van der Waals surface area contributed by atoms with Crippen LogP contribution < -0.4 is 5.32 Å². The second-order valence-corrected chi connectivity index (χ2v) is 7.28. The highest BCUT2D eigenvalue weighted by atomic mass is 32.2. The van der Waals surface area contributed by atoms with E-state index in [1.165, 1.54) is 4.31 Å². The Morgan fingerprint density at radius 3 is 2.55 bits per heavy atom. The molecular formula is C12H23N3O4S. The summed E-state index contributed by atoms with van der Waals surface area (Å²) in [6, 6.07) is 0.0231. The highest BCUT2D eigenvalue weighted by Crippen LogP contribution is 2.28. The summed E-state index contributed by atoms with van der Waals surface area (Å²) in [6.45, 7) is 4.49. The smallest absolute Gasteiger partial charge is 0.235 e. The quantitative estimate of drug-likeness (QED) is 0.643. The topological polar surface area (TPSA) is 79.0 Å². The average Bonchev–Trinajstić information content (AvgIpc) is 3.20. The van der Waals surface area contributed by atoms with Gasteiger partial charge < -0.3 is 10.1 Å². The molecule has 1 aliphatic carbocycles. The van der Waals surface area contributed by atoms with E-state index in [4.69, 9.17) is 4.74 Å². The molecule has 0 atom stereocenters. The van der Waals surface area contributed by atoms with E-state index in [-0.39, 0.29) is 18.5 Å². The Bertz CT molecular complexity index is 430. The number of hydrogen-bond donors (Lipinski definition) is 1. The first-order valence-corrected chi connectivity index (χ1v) is 8.85. The molecule has 0 unspecified atom stereocenters. The highest BCUT2D eigenvalue weighted by Gasteiger charge is 2.36. The third kappa shape index (κ3) is 5.01. The average molecular weight is 305 g/mol. The van der Waals surface area contributed by atoms with Gasteiger partial charge in [0, 0.05) is 32.2 Å². The van der Waals surface area contributed by atoms with Crippen molar-refractivity contribution >= 4 is 15.9 Å². The number of carbonyl (C=O) groups excluding carboxylic acids is 1. The van der Waals surface area contributed by atoms with E-state index in [0.717, 1.165) is 51.9 Å². The number of sulfonamides is 1. The minimum Gasteiger partial charge on any atom is -0.379 e. The van der Waals surface area contributed by atoms with Gasteiger partial charge in [0.1, 0.15) is 0 Å². The molecule has 0 radical (unpaired) electrons. The molecule has 1 saturated heterocycles. The Balaban J connectivity index is 1.68. The van der Waals surface area contributed by atoms with Gasteiger partial charge in [-0.15, -0.1) is 0 Å². The SMILES string of the molecule is CS(=O)(=O)N(CC(=O)NCCN1CCOCC1)C1CC1. The molecular weight excluding hydrogens is 282 g/mol. The van der Waals surface area contributed by atoms with E-state index in [9.17, 15) is 13.2 Å². The van der Waals surface area contributed by atoms with Crippen molar-refractivity contribution in [2.24, 2.45) is 0 Å². The number of rotatable bonds is 7. The van der Waals surface area contributed by atoms with Crippen molar-refractivity contribution in [2.75, 3.05) is 52.2 Å². The Morgan fingerprint density at radius 2 is 2.00 bits per heavy atom. The lowest BCUT2D eigenvalue weighted by Gasteiger charge is -2.26. The van der Waals surface area contributed by atoms with Crippen LogP contribution in [0.4, 0.5) is 0 Å². The van der Waals surface area contributed by atoms with Gasteiger partial charge in [-0.05, 0) is 12.8 Å². The van der Waals surface area contributed by atoms with Crippen molar-refractivity contribution in [2.45, 2.75) is 18.9 Å². The molecule has 2 rings (SSSR count). The summed E-state index contributed by atoms with van der Waals surface area (Å²) in [5.74, 6) is -0.226. The molecule has 1 saturated carbocycles. The van der Waals surface area contributed by atoms with E-state index < -0.39 is 10.0 Å². The van der Waals surface area contributed by atoms with Crippen molar-refractivity contribution in [3.8, 4) is 0 Å². The second-order valence-electron chi connectivity index (χ2n) is 5.34. The Labute approximate surface area is 120 Å². The fraction of sp³-hybridized carbons (Fsp3) is 0.917. The lowest BCUT2D eigenvalue weighted by molar-refractivity contribution is -0.121. The number of nitrogens with zero attached hydrogens (tertiary/aromatic N) is 2. The summed E-state index contributed by atoms with van der Waals surface area (Å²) in [5, 5.41) is 2.79. The molecule has 20 heavy (non-hydrogen) atoms. The fourth-order valence-corrected chi connectivity index (χ4v) is 3.36. The van der Waals surface area contributed by atoms with Gasteiger partial charge in [-0.3, -0.25) is 9.69 Å². The molecule has 7 nitrogen and oxygen atoms in total. The van der Waals surface area contributed by atoms with E-state index >= 15 is 0 Å². The van der Waals surface area contributed by atoms with Gasteiger partial charge in [0.2, 0.25) is 15.9 Å². The molecule has 0 aromatic rings. The lowest BCUT2D eigenvalue weighted by Crippen LogP contribution is -2.45. The summed E-state index contributed by atoms with van der Waals surface area (Å²) in [6.07, 6.45) is 2.87. The molecule has 1 heterocycles. The molecule has 2 aliphatic rings. The Hall–Kier alpha value is -0.700. The third-order valence-electron chi connectivity index (χ3n) is 3.53. The zero-order chi connectivity index (χ0) is 14.6. The van der Waals surface area contributed by atoms with Crippen LogP contribution in [0, 0.1) is 0 Å². The molecule has 1 aliphatic heterocycles. The van der Waals surface area contributed by atoms with Crippen molar-refractivity contribution in [3.05, 3.63) is 0 Å². The second kappa shape index (κ2) is 6.84. The molecule has 1 amide bonds. The molecule has 0 spiro atoms. The zero-order valence-electron chi connectivity index (χ0n) is 11.9. The first-order valence-electron chi connectivity index (χ1n) is 7.00. The van der Waals surface area contributed by atoms with Gasteiger partial charge in [0.15, 0.2) is 0 Å². The summed E-state index contributed by atoms with van der Waals surface area (Å²) in [7, 11) is -3.30. The predicted molar refractivity (Wildman–Crippen MR) is 74.8 cm³/mol. The largest absolute Gasteiger partial charge is 0.379 e. The predicted octanol–water partition coefficient (Wildman–Crippen LogP) is -1.14.